The van der Waals surface area contributed by atoms with Gasteiger partial charge in [-0.1, -0.05) is 18.2 Å². The van der Waals surface area contributed by atoms with Crippen molar-refractivity contribution in [3.63, 3.8) is 0 Å². The van der Waals surface area contributed by atoms with Gasteiger partial charge in [-0.2, -0.15) is 0 Å². The summed E-state index contributed by atoms with van der Waals surface area (Å²) in [5.41, 5.74) is -0.357. The minimum absolute atomic E-state index is 0.137. The highest BCUT2D eigenvalue weighted by molar-refractivity contribution is 6.00. The molecular weight excluding hydrogens is 354 g/mol. The summed E-state index contributed by atoms with van der Waals surface area (Å²) in [4.78, 5) is 16.5. The van der Waals surface area contributed by atoms with Crippen LogP contribution in [0.3, 0.4) is 0 Å². The molecule has 1 fully saturated rings. The van der Waals surface area contributed by atoms with E-state index in [0.717, 1.165) is 6.20 Å². The lowest BCUT2D eigenvalue weighted by molar-refractivity contribution is -0.118. The fourth-order valence-corrected chi connectivity index (χ4v) is 3.05. The molecule has 1 N–H and O–H groups in total. The van der Waals surface area contributed by atoms with Crippen LogP contribution in [-0.4, -0.2) is 27.8 Å². The van der Waals surface area contributed by atoms with Gasteiger partial charge >= 0.3 is 0 Å². The van der Waals surface area contributed by atoms with Gasteiger partial charge in [-0.3, -0.25) is 4.79 Å². The topological polar surface area (TPSA) is 69.0 Å². The first-order valence-corrected chi connectivity index (χ1v) is 8.35. The molecule has 0 atom stereocenters. The van der Waals surface area contributed by atoms with E-state index in [0.29, 0.717) is 18.4 Å². The van der Waals surface area contributed by atoms with Gasteiger partial charge in [0.15, 0.2) is 11.6 Å². The molecule has 1 aliphatic carbocycles. The molecule has 0 unspecified atom stereocenters. The van der Waals surface area contributed by atoms with E-state index in [4.69, 9.17) is 4.74 Å². The number of aromatic nitrogens is 3. The van der Waals surface area contributed by atoms with E-state index < -0.39 is 17.0 Å². The molecule has 0 radical (unpaired) electrons. The first kappa shape index (κ1) is 17.1. The van der Waals surface area contributed by atoms with Crippen molar-refractivity contribution >= 4 is 11.7 Å². The highest BCUT2D eigenvalue weighted by Crippen LogP contribution is 2.49. The van der Waals surface area contributed by atoms with Crippen molar-refractivity contribution in [2.45, 2.75) is 18.3 Å². The molecule has 0 bridgehead atoms. The van der Waals surface area contributed by atoms with Gasteiger partial charge in [0.1, 0.15) is 11.5 Å². The van der Waals surface area contributed by atoms with Crippen molar-refractivity contribution < 1.29 is 18.3 Å². The maximum Gasteiger partial charge on any atom is 0.236 e. The highest BCUT2D eigenvalue weighted by Gasteiger charge is 2.52. The molecule has 1 saturated carbocycles. The third-order valence-corrected chi connectivity index (χ3v) is 4.67. The third-order valence-electron chi connectivity index (χ3n) is 4.67. The number of carbonyl (C=O) groups is 1. The summed E-state index contributed by atoms with van der Waals surface area (Å²) in [6, 6.07) is 9.21. The summed E-state index contributed by atoms with van der Waals surface area (Å²) < 4.78 is 34.4. The van der Waals surface area contributed by atoms with E-state index in [-0.39, 0.29) is 23.3 Å². The SMILES string of the molecule is COc1cc(-n2ccc(NC(=O)C3(c4ccccc4F)CC3)n2)c(F)cn1. The molecule has 0 saturated heterocycles. The van der Waals surface area contributed by atoms with Gasteiger partial charge in [0, 0.05) is 23.9 Å². The summed E-state index contributed by atoms with van der Waals surface area (Å²) >= 11 is 0. The number of rotatable bonds is 5. The van der Waals surface area contributed by atoms with Crippen molar-refractivity contribution in [3.8, 4) is 11.6 Å². The maximum atomic E-state index is 14.1. The number of benzene rings is 1. The fraction of sp³-hybridized carbons (Fsp3) is 0.211. The third kappa shape index (κ3) is 3.03. The predicted octanol–water partition coefficient (Wildman–Crippen LogP) is 3.22. The molecule has 1 amide bonds. The molecule has 27 heavy (non-hydrogen) atoms. The van der Waals surface area contributed by atoms with Crippen LogP contribution in [0.15, 0.2) is 48.8 Å². The minimum atomic E-state index is -0.875. The standard InChI is InChI=1S/C19H16F2N4O2/c1-27-17-10-15(14(21)11-22-17)25-9-6-16(24-25)23-18(26)19(7-8-19)12-4-2-3-5-13(12)20/h2-6,9-11H,7-8H2,1H3,(H,23,24,26). The highest BCUT2D eigenvalue weighted by atomic mass is 19.1. The van der Waals surface area contributed by atoms with E-state index in [2.05, 4.69) is 15.4 Å². The van der Waals surface area contributed by atoms with E-state index in [9.17, 15) is 13.6 Å². The first-order chi connectivity index (χ1) is 13.0. The number of hydrogen-bond acceptors (Lipinski definition) is 4. The second-order valence-electron chi connectivity index (χ2n) is 6.34. The Kier molecular flexibility index (Phi) is 4.10. The van der Waals surface area contributed by atoms with Crippen LogP contribution in [0.2, 0.25) is 0 Å². The number of carbonyl (C=O) groups excluding carboxylic acids is 1. The van der Waals surface area contributed by atoms with Gasteiger partial charge in [-0.05, 0) is 18.9 Å². The quantitative estimate of drug-likeness (QED) is 0.749. The summed E-state index contributed by atoms with van der Waals surface area (Å²) in [5, 5.41) is 6.88. The Morgan fingerprint density at radius 2 is 2.00 bits per heavy atom. The van der Waals surface area contributed by atoms with Crippen LogP contribution in [0.25, 0.3) is 5.69 Å². The first-order valence-electron chi connectivity index (χ1n) is 8.35. The molecule has 6 nitrogen and oxygen atoms in total. The van der Waals surface area contributed by atoms with Crippen molar-refractivity contribution in [2.75, 3.05) is 12.4 Å². The zero-order valence-corrected chi connectivity index (χ0v) is 14.4. The summed E-state index contributed by atoms with van der Waals surface area (Å²) in [5.74, 6) is -0.823. The van der Waals surface area contributed by atoms with Gasteiger partial charge < -0.3 is 10.1 Å². The number of hydrogen-bond donors (Lipinski definition) is 1. The summed E-state index contributed by atoms with van der Waals surface area (Å²) in [6.07, 6.45) is 3.68. The molecule has 3 aromatic rings. The van der Waals surface area contributed by atoms with Crippen LogP contribution in [0.5, 0.6) is 5.88 Å². The summed E-state index contributed by atoms with van der Waals surface area (Å²) in [7, 11) is 1.43. The molecule has 4 rings (SSSR count). The lowest BCUT2D eigenvalue weighted by Crippen LogP contribution is -2.29. The van der Waals surface area contributed by atoms with Crippen molar-refractivity contribution in [3.05, 3.63) is 66.0 Å². The smallest absolute Gasteiger partial charge is 0.236 e. The van der Waals surface area contributed by atoms with E-state index in [1.54, 1.807) is 24.3 Å². The average molecular weight is 370 g/mol. The van der Waals surface area contributed by atoms with E-state index in [1.165, 1.54) is 30.1 Å². The zero-order chi connectivity index (χ0) is 19.0. The van der Waals surface area contributed by atoms with E-state index >= 15 is 0 Å². The van der Waals surface area contributed by atoms with Crippen LogP contribution in [0.4, 0.5) is 14.6 Å². The number of halogens is 2. The predicted molar refractivity (Wildman–Crippen MR) is 93.8 cm³/mol. The zero-order valence-electron chi connectivity index (χ0n) is 14.4. The van der Waals surface area contributed by atoms with Gasteiger partial charge in [0.2, 0.25) is 11.8 Å². The molecule has 2 aromatic heterocycles. The molecule has 138 valence electrons. The lowest BCUT2D eigenvalue weighted by atomic mass is 9.94. The van der Waals surface area contributed by atoms with Crippen molar-refractivity contribution in [1.29, 1.82) is 0 Å². The van der Waals surface area contributed by atoms with Crippen LogP contribution in [-0.2, 0) is 10.2 Å². The van der Waals surface area contributed by atoms with Crippen LogP contribution < -0.4 is 10.1 Å². The number of ether oxygens (including phenoxy) is 1. The lowest BCUT2D eigenvalue weighted by Gasteiger charge is -2.15. The Balaban J connectivity index is 1.57. The largest absolute Gasteiger partial charge is 0.481 e. The van der Waals surface area contributed by atoms with Crippen molar-refractivity contribution in [1.82, 2.24) is 14.8 Å². The molecule has 1 aliphatic rings. The van der Waals surface area contributed by atoms with E-state index in [1.807, 2.05) is 0 Å². The average Bonchev–Trinajstić information content (AvgIpc) is 3.36. The van der Waals surface area contributed by atoms with Gasteiger partial charge in [-0.15, -0.1) is 5.10 Å². The van der Waals surface area contributed by atoms with Crippen LogP contribution in [0, 0.1) is 11.6 Å². The molecule has 0 aliphatic heterocycles. The van der Waals surface area contributed by atoms with Crippen molar-refractivity contribution in [2.24, 2.45) is 0 Å². The number of pyridine rings is 1. The minimum Gasteiger partial charge on any atom is -0.481 e. The summed E-state index contributed by atoms with van der Waals surface area (Å²) in [6.45, 7) is 0. The van der Waals surface area contributed by atoms with Gasteiger partial charge in [0.25, 0.3) is 0 Å². The number of amides is 1. The molecule has 1 aromatic carbocycles. The molecule has 2 heterocycles. The Bertz CT molecular complexity index is 1010. The maximum absolute atomic E-state index is 14.1. The monoisotopic (exact) mass is 370 g/mol. The number of nitrogens with zero attached hydrogens (tertiary/aromatic N) is 3. The number of anilines is 1. The van der Waals surface area contributed by atoms with Gasteiger partial charge in [0.05, 0.1) is 18.7 Å². The Morgan fingerprint density at radius 3 is 2.70 bits per heavy atom. The van der Waals surface area contributed by atoms with Gasteiger partial charge in [-0.25, -0.2) is 18.4 Å². The molecule has 8 heteroatoms. The Morgan fingerprint density at radius 1 is 1.22 bits per heavy atom. The second kappa shape index (κ2) is 6.46. The Labute approximate surface area is 153 Å². The molecule has 0 spiro atoms. The molecular formula is C19H16F2N4O2. The fourth-order valence-electron chi connectivity index (χ4n) is 3.05. The van der Waals surface area contributed by atoms with Crippen LogP contribution >= 0.6 is 0 Å². The number of nitrogens with one attached hydrogen (secondary N) is 1. The van der Waals surface area contributed by atoms with Crippen LogP contribution in [0.1, 0.15) is 18.4 Å². The number of methoxy groups -OCH3 is 1. The normalized spacial score (nSPS) is 14.6. The Hall–Kier alpha value is -3.29. The second-order valence-corrected chi connectivity index (χ2v) is 6.34.